The first-order valence-electron chi connectivity index (χ1n) is 6.44. The van der Waals surface area contributed by atoms with E-state index in [-0.39, 0.29) is 17.6 Å². The van der Waals surface area contributed by atoms with E-state index in [1.54, 1.807) is 9.58 Å². The number of rotatable bonds is 3. The second-order valence-electron chi connectivity index (χ2n) is 4.79. The Morgan fingerprint density at radius 2 is 2.29 bits per heavy atom. The molecule has 21 heavy (non-hydrogen) atoms. The quantitative estimate of drug-likeness (QED) is 0.824. The summed E-state index contributed by atoms with van der Waals surface area (Å²) in [4.78, 5) is 32.5. The van der Waals surface area contributed by atoms with Crippen LogP contribution in [0.3, 0.4) is 0 Å². The van der Waals surface area contributed by atoms with Crippen molar-refractivity contribution in [2.45, 2.75) is 12.5 Å². The fourth-order valence-corrected chi connectivity index (χ4v) is 2.57. The maximum atomic E-state index is 11.6. The van der Waals surface area contributed by atoms with Gasteiger partial charge in [0.15, 0.2) is 11.3 Å². The zero-order chi connectivity index (χ0) is 15.0. The van der Waals surface area contributed by atoms with E-state index in [1.807, 2.05) is 0 Å². The molecular weight excluding hydrogens is 274 g/mol. The van der Waals surface area contributed by atoms with E-state index < -0.39 is 5.97 Å². The smallest absolute Gasteiger partial charge is 0.357 e. The molecule has 0 saturated carbocycles. The molecule has 8 nitrogen and oxygen atoms in total. The average molecular weight is 287 g/mol. The number of fused-ring (bicyclic) bond motifs is 1. The first-order valence-corrected chi connectivity index (χ1v) is 6.44. The van der Waals surface area contributed by atoms with Gasteiger partial charge in [-0.3, -0.25) is 4.79 Å². The number of aromatic nitrogens is 4. The first kappa shape index (κ1) is 13.2. The summed E-state index contributed by atoms with van der Waals surface area (Å²) in [6.07, 6.45) is 4.76. The van der Waals surface area contributed by atoms with Gasteiger partial charge < -0.3 is 10.0 Å². The minimum Gasteiger partial charge on any atom is -0.476 e. The molecule has 2 aromatic heterocycles. The van der Waals surface area contributed by atoms with Gasteiger partial charge >= 0.3 is 5.97 Å². The molecule has 1 atom stereocenters. The lowest BCUT2D eigenvalue weighted by Crippen LogP contribution is -2.27. The minimum absolute atomic E-state index is 0.0703. The number of amides is 1. The van der Waals surface area contributed by atoms with Crippen LogP contribution in [0, 0.1) is 0 Å². The molecule has 0 aromatic carbocycles. The Bertz CT molecular complexity index is 738. The summed E-state index contributed by atoms with van der Waals surface area (Å²) in [7, 11) is 0. The normalized spacial score (nSPS) is 18.1. The molecule has 1 saturated heterocycles. The lowest BCUT2D eigenvalue weighted by molar-refractivity contribution is -0.125. The molecule has 1 aliphatic heterocycles. The fraction of sp³-hybridized carbons (Fsp3) is 0.308. The molecule has 8 heteroatoms. The molecule has 108 valence electrons. The molecule has 1 N–H and O–H groups in total. The van der Waals surface area contributed by atoms with Gasteiger partial charge in [0, 0.05) is 19.3 Å². The highest BCUT2D eigenvalue weighted by Crippen LogP contribution is 2.26. The summed E-state index contributed by atoms with van der Waals surface area (Å²) < 4.78 is 1.58. The molecule has 0 aliphatic carbocycles. The summed E-state index contributed by atoms with van der Waals surface area (Å²) >= 11 is 0. The van der Waals surface area contributed by atoms with Gasteiger partial charge in [-0.15, -0.1) is 0 Å². The minimum atomic E-state index is -1.12. The van der Waals surface area contributed by atoms with Gasteiger partial charge in [0.1, 0.15) is 6.33 Å². The second-order valence-corrected chi connectivity index (χ2v) is 4.79. The molecule has 0 spiro atoms. The van der Waals surface area contributed by atoms with Crippen molar-refractivity contribution in [1.82, 2.24) is 24.6 Å². The first-order chi connectivity index (χ1) is 10.1. The zero-order valence-electron chi connectivity index (χ0n) is 11.1. The van der Waals surface area contributed by atoms with Crippen LogP contribution in [0.15, 0.2) is 25.2 Å². The molecule has 1 fully saturated rings. The monoisotopic (exact) mass is 287 g/mol. The Morgan fingerprint density at radius 3 is 3.00 bits per heavy atom. The van der Waals surface area contributed by atoms with E-state index in [0.29, 0.717) is 30.5 Å². The van der Waals surface area contributed by atoms with Crippen molar-refractivity contribution in [3.05, 3.63) is 30.9 Å². The molecule has 0 radical (unpaired) electrons. The number of hydrogen-bond acceptors (Lipinski definition) is 5. The van der Waals surface area contributed by atoms with Crippen LogP contribution in [0.4, 0.5) is 0 Å². The lowest BCUT2D eigenvalue weighted by Gasteiger charge is -2.14. The topological polar surface area (TPSA) is 101 Å². The standard InChI is InChI=1S/C13H13N5O3/c1-2-10(19)17-4-3-8(6-17)18-12-9(5-14-7-15-12)11(16-18)13(20)21/h2,5,7-8H,1,3-4,6H2,(H,20,21)/t8-/m1/s1. The van der Waals surface area contributed by atoms with Crippen LogP contribution in [0.1, 0.15) is 23.0 Å². The summed E-state index contributed by atoms with van der Waals surface area (Å²) in [5.41, 5.74) is 0.402. The molecule has 3 rings (SSSR count). The number of carbonyl (C=O) groups is 2. The third-order valence-corrected chi connectivity index (χ3v) is 3.57. The maximum Gasteiger partial charge on any atom is 0.357 e. The van der Waals surface area contributed by atoms with E-state index >= 15 is 0 Å². The van der Waals surface area contributed by atoms with Crippen LogP contribution in [-0.4, -0.2) is 54.7 Å². The van der Waals surface area contributed by atoms with Crippen molar-refractivity contribution in [1.29, 1.82) is 0 Å². The lowest BCUT2D eigenvalue weighted by atomic mass is 10.2. The van der Waals surface area contributed by atoms with Crippen LogP contribution < -0.4 is 0 Å². The van der Waals surface area contributed by atoms with Gasteiger partial charge in [-0.2, -0.15) is 5.10 Å². The number of aromatic carboxylic acids is 1. The SMILES string of the molecule is C=CC(=O)N1CC[C@@H](n2nc(C(=O)O)c3cncnc32)C1. The van der Waals surface area contributed by atoms with Crippen LogP contribution in [0.2, 0.25) is 0 Å². The van der Waals surface area contributed by atoms with E-state index in [9.17, 15) is 14.7 Å². The van der Waals surface area contributed by atoms with Crippen molar-refractivity contribution in [3.8, 4) is 0 Å². The number of hydrogen-bond donors (Lipinski definition) is 1. The van der Waals surface area contributed by atoms with Gasteiger partial charge in [-0.1, -0.05) is 6.58 Å². The van der Waals surface area contributed by atoms with E-state index in [0.717, 1.165) is 0 Å². The highest BCUT2D eigenvalue weighted by molar-refractivity contribution is 5.99. The highest BCUT2D eigenvalue weighted by atomic mass is 16.4. The van der Waals surface area contributed by atoms with Crippen molar-refractivity contribution < 1.29 is 14.7 Å². The summed E-state index contributed by atoms with van der Waals surface area (Å²) in [6.45, 7) is 4.52. The number of carbonyl (C=O) groups excluding carboxylic acids is 1. The van der Waals surface area contributed by atoms with Gasteiger partial charge in [0.2, 0.25) is 5.91 Å². The molecular formula is C13H13N5O3. The van der Waals surface area contributed by atoms with E-state index in [2.05, 4.69) is 21.6 Å². The molecule has 1 amide bonds. The number of carboxylic acids is 1. The molecule has 0 bridgehead atoms. The van der Waals surface area contributed by atoms with E-state index in [1.165, 1.54) is 18.6 Å². The van der Waals surface area contributed by atoms with Crippen molar-refractivity contribution >= 4 is 22.9 Å². The van der Waals surface area contributed by atoms with Crippen LogP contribution in [-0.2, 0) is 4.79 Å². The van der Waals surface area contributed by atoms with Crippen LogP contribution in [0.25, 0.3) is 11.0 Å². The van der Waals surface area contributed by atoms with Crippen molar-refractivity contribution in [2.24, 2.45) is 0 Å². The Labute approximate surface area is 119 Å². The highest BCUT2D eigenvalue weighted by Gasteiger charge is 2.30. The van der Waals surface area contributed by atoms with Gasteiger partial charge in [0.25, 0.3) is 0 Å². The van der Waals surface area contributed by atoms with Crippen molar-refractivity contribution in [3.63, 3.8) is 0 Å². The fourth-order valence-electron chi connectivity index (χ4n) is 2.57. The van der Waals surface area contributed by atoms with Crippen LogP contribution >= 0.6 is 0 Å². The molecule has 1 aliphatic rings. The third-order valence-electron chi connectivity index (χ3n) is 3.57. The second kappa shape index (κ2) is 4.97. The molecule has 0 unspecified atom stereocenters. The Kier molecular flexibility index (Phi) is 3.13. The number of nitrogens with zero attached hydrogens (tertiary/aromatic N) is 5. The predicted molar refractivity (Wildman–Crippen MR) is 72.7 cm³/mol. The Balaban J connectivity index is 2.00. The summed E-state index contributed by atoms with van der Waals surface area (Å²) in [6, 6.07) is -0.0978. The summed E-state index contributed by atoms with van der Waals surface area (Å²) in [5.74, 6) is -1.26. The third kappa shape index (κ3) is 2.14. The molecule has 2 aromatic rings. The Hall–Kier alpha value is -2.77. The maximum absolute atomic E-state index is 11.6. The largest absolute Gasteiger partial charge is 0.476 e. The molecule has 3 heterocycles. The van der Waals surface area contributed by atoms with Gasteiger partial charge in [-0.05, 0) is 12.5 Å². The van der Waals surface area contributed by atoms with Gasteiger partial charge in [0.05, 0.1) is 11.4 Å². The number of carboxylic acid groups (broad SMARTS) is 1. The van der Waals surface area contributed by atoms with Crippen LogP contribution in [0.5, 0.6) is 0 Å². The van der Waals surface area contributed by atoms with Gasteiger partial charge in [-0.25, -0.2) is 19.4 Å². The Morgan fingerprint density at radius 1 is 1.48 bits per heavy atom. The average Bonchev–Trinajstić information content (AvgIpc) is 3.10. The predicted octanol–water partition coefficient (Wildman–Crippen LogP) is 0.484. The van der Waals surface area contributed by atoms with Crippen molar-refractivity contribution in [2.75, 3.05) is 13.1 Å². The zero-order valence-corrected chi connectivity index (χ0v) is 11.1. The number of likely N-dealkylation sites (tertiary alicyclic amines) is 1. The van der Waals surface area contributed by atoms with E-state index in [4.69, 9.17) is 0 Å². The summed E-state index contributed by atoms with van der Waals surface area (Å²) in [5, 5.41) is 13.8.